The second-order valence-electron chi connectivity index (χ2n) is 8.28. The zero-order chi connectivity index (χ0) is 25.9. The average Bonchev–Trinajstić information content (AvgIpc) is 3.09. The van der Waals surface area contributed by atoms with Gasteiger partial charge in [0.15, 0.2) is 0 Å². The third-order valence-corrected chi connectivity index (χ3v) is 7.47. The van der Waals surface area contributed by atoms with E-state index in [1.807, 2.05) is 0 Å². The van der Waals surface area contributed by atoms with Gasteiger partial charge in [-0.2, -0.15) is 0 Å². The minimum Gasteiger partial charge on any atom is -0.480 e. The van der Waals surface area contributed by atoms with Gasteiger partial charge in [0.05, 0.1) is 20.5 Å². The molecule has 35 heavy (non-hydrogen) atoms. The summed E-state index contributed by atoms with van der Waals surface area (Å²) in [5.41, 5.74) is 1.16. The molecule has 0 bridgehead atoms. The van der Waals surface area contributed by atoms with E-state index in [1.165, 1.54) is 11.8 Å². The lowest BCUT2D eigenvalue weighted by Gasteiger charge is -2.31. The molecule has 1 fully saturated rings. The lowest BCUT2D eigenvalue weighted by Crippen LogP contribution is -2.55. The van der Waals surface area contributed by atoms with E-state index in [0.29, 0.717) is 11.3 Å². The van der Waals surface area contributed by atoms with E-state index in [2.05, 4.69) is 10.6 Å². The maximum atomic E-state index is 12.8. The Morgan fingerprint density at radius 3 is 2.23 bits per heavy atom. The average molecular weight is 540 g/mol. The van der Waals surface area contributed by atoms with Crippen molar-refractivity contribution < 1.29 is 29.4 Å². The zero-order valence-electron chi connectivity index (χ0n) is 18.7. The summed E-state index contributed by atoms with van der Waals surface area (Å²) in [7, 11) is 0. The van der Waals surface area contributed by atoms with Crippen LogP contribution in [-0.4, -0.2) is 61.7 Å². The number of carboxylic acids is 1. The molecule has 4 N–H and O–H groups in total. The standard InChI is InChI=1S/C23H23Cl2N3O6S/c1-23(2)28(22(33)34)17(11-35-23)19(29)27-16(21(31)32)10-12-6-8-13(9-7-12)26-20(30)18-14(24)4-3-5-15(18)25/h3-9,16-17H,10-11H2,1-2H3,(H,26,30)(H,27,29)(H,31,32)(H,33,34)/t16-,17-/m0/s1. The molecule has 1 aliphatic heterocycles. The molecule has 2 aromatic rings. The molecular formula is C23H23Cl2N3O6S. The van der Waals surface area contributed by atoms with Gasteiger partial charge in [0.25, 0.3) is 5.91 Å². The summed E-state index contributed by atoms with van der Waals surface area (Å²) >= 11 is 13.4. The van der Waals surface area contributed by atoms with Crippen LogP contribution in [0.5, 0.6) is 0 Å². The number of amides is 3. The fourth-order valence-electron chi connectivity index (χ4n) is 3.70. The third kappa shape index (κ3) is 6.19. The lowest BCUT2D eigenvalue weighted by atomic mass is 10.0. The summed E-state index contributed by atoms with van der Waals surface area (Å²) in [6, 6.07) is 8.85. The van der Waals surface area contributed by atoms with Crippen LogP contribution >= 0.6 is 35.0 Å². The number of carbonyl (C=O) groups excluding carboxylic acids is 2. The summed E-state index contributed by atoms with van der Waals surface area (Å²) in [4.78, 5) is 49.0. The van der Waals surface area contributed by atoms with Crippen LogP contribution in [-0.2, 0) is 16.0 Å². The molecule has 1 aliphatic rings. The summed E-state index contributed by atoms with van der Waals surface area (Å²) in [6.07, 6.45) is -1.29. The molecule has 2 atom stereocenters. The number of hydrogen-bond acceptors (Lipinski definition) is 5. The van der Waals surface area contributed by atoms with Crippen molar-refractivity contribution in [3.05, 3.63) is 63.6 Å². The molecule has 0 aliphatic carbocycles. The number of rotatable bonds is 7. The molecule has 12 heteroatoms. The van der Waals surface area contributed by atoms with Crippen LogP contribution < -0.4 is 10.6 Å². The smallest absolute Gasteiger partial charge is 0.409 e. The molecule has 1 heterocycles. The molecule has 1 saturated heterocycles. The summed E-state index contributed by atoms with van der Waals surface area (Å²) in [5, 5.41) is 24.7. The van der Waals surface area contributed by atoms with Crippen molar-refractivity contribution in [1.29, 1.82) is 0 Å². The summed E-state index contributed by atoms with van der Waals surface area (Å²) in [5.74, 6) is -2.19. The van der Waals surface area contributed by atoms with Gasteiger partial charge in [-0.25, -0.2) is 9.59 Å². The summed E-state index contributed by atoms with van der Waals surface area (Å²) in [6.45, 7) is 3.38. The Morgan fingerprint density at radius 1 is 1.09 bits per heavy atom. The van der Waals surface area contributed by atoms with Crippen LogP contribution in [0, 0.1) is 0 Å². The molecule has 0 saturated carbocycles. The number of hydrogen-bond donors (Lipinski definition) is 4. The first-order valence-corrected chi connectivity index (χ1v) is 12.2. The Hall–Kier alpha value is -2.95. The highest BCUT2D eigenvalue weighted by Gasteiger charge is 2.47. The summed E-state index contributed by atoms with van der Waals surface area (Å²) < 4.78 is 0. The zero-order valence-corrected chi connectivity index (χ0v) is 21.1. The van der Waals surface area contributed by atoms with Crippen molar-refractivity contribution in [2.45, 2.75) is 37.2 Å². The topological polar surface area (TPSA) is 136 Å². The Balaban J connectivity index is 1.67. The highest BCUT2D eigenvalue weighted by molar-refractivity contribution is 8.00. The highest BCUT2D eigenvalue weighted by Crippen LogP contribution is 2.38. The van der Waals surface area contributed by atoms with E-state index >= 15 is 0 Å². The van der Waals surface area contributed by atoms with E-state index in [1.54, 1.807) is 56.3 Å². The van der Waals surface area contributed by atoms with E-state index in [9.17, 15) is 29.4 Å². The highest BCUT2D eigenvalue weighted by atomic mass is 35.5. The van der Waals surface area contributed by atoms with Crippen LogP contribution in [0.1, 0.15) is 29.8 Å². The Labute approximate surface area is 215 Å². The van der Waals surface area contributed by atoms with Gasteiger partial charge in [0, 0.05) is 17.9 Å². The SMILES string of the molecule is CC1(C)SC[C@@H](C(=O)N[C@@H](Cc2ccc(NC(=O)c3c(Cl)cccc3Cl)cc2)C(=O)O)N1C(=O)O. The number of anilines is 1. The number of halogens is 2. The molecule has 0 unspecified atom stereocenters. The van der Waals surface area contributed by atoms with Gasteiger partial charge in [0.2, 0.25) is 5.91 Å². The number of nitrogens with one attached hydrogen (secondary N) is 2. The van der Waals surface area contributed by atoms with Gasteiger partial charge in [-0.3, -0.25) is 14.5 Å². The van der Waals surface area contributed by atoms with Crippen molar-refractivity contribution in [3.63, 3.8) is 0 Å². The predicted octanol–water partition coefficient (Wildman–Crippen LogP) is 4.19. The molecule has 9 nitrogen and oxygen atoms in total. The largest absolute Gasteiger partial charge is 0.480 e. The predicted molar refractivity (Wildman–Crippen MR) is 134 cm³/mol. The molecule has 3 rings (SSSR count). The molecule has 0 spiro atoms. The van der Waals surface area contributed by atoms with E-state index in [0.717, 1.165) is 4.90 Å². The maximum absolute atomic E-state index is 12.8. The van der Waals surface area contributed by atoms with Crippen LogP contribution in [0.15, 0.2) is 42.5 Å². The first-order valence-electron chi connectivity index (χ1n) is 10.4. The van der Waals surface area contributed by atoms with E-state index < -0.39 is 40.8 Å². The van der Waals surface area contributed by atoms with E-state index in [4.69, 9.17) is 23.2 Å². The molecule has 2 aromatic carbocycles. The van der Waals surface area contributed by atoms with Crippen molar-refractivity contribution >= 4 is 64.5 Å². The van der Waals surface area contributed by atoms with Gasteiger partial charge < -0.3 is 20.8 Å². The van der Waals surface area contributed by atoms with Gasteiger partial charge >= 0.3 is 12.1 Å². The lowest BCUT2D eigenvalue weighted by molar-refractivity contribution is -0.142. The minimum absolute atomic E-state index is 0.0397. The normalized spacial score (nSPS) is 17.5. The van der Waals surface area contributed by atoms with Gasteiger partial charge in [0.1, 0.15) is 12.1 Å². The van der Waals surface area contributed by atoms with Crippen molar-refractivity contribution in [2.24, 2.45) is 0 Å². The van der Waals surface area contributed by atoms with Crippen molar-refractivity contribution in [1.82, 2.24) is 10.2 Å². The monoisotopic (exact) mass is 539 g/mol. The van der Waals surface area contributed by atoms with Gasteiger partial charge in [-0.1, -0.05) is 41.4 Å². The van der Waals surface area contributed by atoms with Crippen molar-refractivity contribution in [2.75, 3.05) is 11.1 Å². The molecular weight excluding hydrogens is 517 g/mol. The first kappa shape index (κ1) is 26.7. The van der Waals surface area contributed by atoms with Crippen LogP contribution in [0.2, 0.25) is 10.0 Å². The van der Waals surface area contributed by atoms with Crippen LogP contribution in [0.4, 0.5) is 10.5 Å². The first-order chi connectivity index (χ1) is 16.4. The number of carbonyl (C=O) groups is 4. The second-order valence-corrected chi connectivity index (χ2v) is 10.7. The number of thioether (sulfide) groups is 1. The third-order valence-electron chi connectivity index (χ3n) is 5.45. The number of benzene rings is 2. The fourth-order valence-corrected chi connectivity index (χ4v) is 5.47. The minimum atomic E-state index is -1.27. The van der Waals surface area contributed by atoms with Crippen LogP contribution in [0.25, 0.3) is 0 Å². The van der Waals surface area contributed by atoms with Gasteiger partial charge in [-0.15, -0.1) is 11.8 Å². The second kappa shape index (κ2) is 10.8. The Bertz CT molecular complexity index is 1140. The number of nitrogens with zero attached hydrogens (tertiary/aromatic N) is 1. The fraction of sp³-hybridized carbons (Fsp3) is 0.304. The molecule has 0 aromatic heterocycles. The maximum Gasteiger partial charge on any atom is 0.409 e. The van der Waals surface area contributed by atoms with E-state index in [-0.39, 0.29) is 27.8 Å². The molecule has 0 radical (unpaired) electrons. The van der Waals surface area contributed by atoms with Crippen LogP contribution in [0.3, 0.4) is 0 Å². The number of aliphatic carboxylic acids is 1. The number of carboxylic acid groups (broad SMARTS) is 2. The Kier molecular flexibility index (Phi) is 8.19. The quantitative estimate of drug-likeness (QED) is 0.414. The van der Waals surface area contributed by atoms with Gasteiger partial charge in [-0.05, 0) is 43.7 Å². The molecule has 3 amide bonds. The Morgan fingerprint density at radius 2 is 1.69 bits per heavy atom. The van der Waals surface area contributed by atoms with Crippen molar-refractivity contribution in [3.8, 4) is 0 Å². The molecule has 186 valence electrons.